The summed E-state index contributed by atoms with van der Waals surface area (Å²) in [6.07, 6.45) is 6.57. The van der Waals surface area contributed by atoms with Crippen molar-refractivity contribution in [2.75, 3.05) is 13.2 Å². The molecule has 1 saturated carbocycles. The van der Waals surface area contributed by atoms with Crippen LogP contribution in [0.4, 0.5) is 0 Å². The first kappa shape index (κ1) is 16.7. The summed E-state index contributed by atoms with van der Waals surface area (Å²) in [5, 5.41) is 17.3. The second kappa shape index (κ2) is 8.13. The smallest absolute Gasteiger partial charge is 0.159 e. The molecule has 5 nitrogen and oxygen atoms in total. The molecule has 5 heteroatoms. The van der Waals surface area contributed by atoms with Crippen molar-refractivity contribution in [1.82, 2.24) is 10.5 Å². The Morgan fingerprint density at radius 2 is 2.21 bits per heavy atom. The lowest BCUT2D eigenvalue weighted by Crippen LogP contribution is -2.32. The van der Waals surface area contributed by atoms with Gasteiger partial charge >= 0.3 is 0 Å². The Bertz CT molecular complexity index is 677. The summed E-state index contributed by atoms with van der Waals surface area (Å²) >= 11 is 0. The van der Waals surface area contributed by atoms with Gasteiger partial charge in [-0.15, -0.1) is 0 Å². The van der Waals surface area contributed by atoms with Gasteiger partial charge in [0, 0.05) is 24.2 Å². The Morgan fingerprint density at radius 1 is 1.38 bits per heavy atom. The number of aliphatic hydroxyl groups excluding tert-OH is 1. The van der Waals surface area contributed by atoms with Gasteiger partial charge in [-0.2, -0.15) is 0 Å². The predicted octanol–water partition coefficient (Wildman–Crippen LogP) is 2.90. The maximum atomic E-state index is 9.99. The van der Waals surface area contributed by atoms with Gasteiger partial charge in [-0.25, -0.2) is 0 Å². The molecule has 1 atom stereocenters. The zero-order valence-corrected chi connectivity index (χ0v) is 13.9. The van der Waals surface area contributed by atoms with E-state index < -0.39 is 6.10 Å². The number of rotatable bonds is 9. The summed E-state index contributed by atoms with van der Waals surface area (Å²) in [5.41, 5.74) is 1.87. The van der Waals surface area contributed by atoms with Crippen molar-refractivity contribution in [3.63, 3.8) is 0 Å². The molecule has 0 amide bonds. The van der Waals surface area contributed by atoms with Crippen LogP contribution in [0, 0.1) is 0 Å². The fourth-order valence-electron chi connectivity index (χ4n) is 2.33. The lowest BCUT2D eigenvalue weighted by Gasteiger charge is -2.14. The molecular formula is C19H24N2O3. The van der Waals surface area contributed by atoms with Gasteiger partial charge in [0.05, 0.1) is 5.69 Å². The molecule has 1 aliphatic rings. The minimum Gasteiger partial charge on any atom is -0.490 e. The highest BCUT2D eigenvalue weighted by atomic mass is 16.5. The lowest BCUT2D eigenvalue weighted by atomic mass is 10.1. The first-order valence-electron chi connectivity index (χ1n) is 8.51. The number of hydrogen-bond acceptors (Lipinski definition) is 5. The SMILES string of the molecule is CCc1cc(/C=C\c2ccccc2OCC(O)CNC2CC2)on1. The summed E-state index contributed by atoms with van der Waals surface area (Å²) in [4.78, 5) is 0. The molecule has 1 heterocycles. The van der Waals surface area contributed by atoms with Crippen LogP contribution in [0.5, 0.6) is 5.75 Å². The third kappa shape index (κ3) is 4.94. The Labute approximate surface area is 142 Å². The van der Waals surface area contributed by atoms with Crippen molar-refractivity contribution < 1.29 is 14.4 Å². The van der Waals surface area contributed by atoms with E-state index in [1.54, 1.807) is 0 Å². The number of nitrogens with zero attached hydrogens (tertiary/aromatic N) is 1. The standard InChI is InChI=1S/C19H24N2O3/c1-2-15-11-18(24-21-15)10-7-14-5-3-4-6-19(14)23-13-17(22)12-20-16-8-9-16/h3-7,10-11,16-17,20,22H,2,8-9,12-13H2,1H3/b10-7-. The van der Waals surface area contributed by atoms with Gasteiger partial charge in [-0.1, -0.05) is 30.3 Å². The number of para-hydroxylation sites is 1. The number of aromatic nitrogens is 1. The molecular weight excluding hydrogens is 304 g/mol. The van der Waals surface area contributed by atoms with Crippen molar-refractivity contribution in [1.29, 1.82) is 0 Å². The highest BCUT2D eigenvalue weighted by Crippen LogP contribution is 2.21. The molecule has 3 rings (SSSR count). The molecule has 24 heavy (non-hydrogen) atoms. The van der Waals surface area contributed by atoms with Crippen LogP contribution in [0.25, 0.3) is 12.2 Å². The summed E-state index contributed by atoms with van der Waals surface area (Å²) in [6.45, 7) is 2.88. The van der Waals surface area contributed by atoms with Gasteiger partial charge in [0.25, 0.3) is 0 Å². The molecule has 1 fully saturated rings. The summed E-state index contributed by atoms with van der Waals surface area (Å²) in [7, 11) is 0. The molecule has 0 spiro atoms. The van der Waals surface area contributed by atoms with E-state index in [9.17, 15) is 5.11 Å². The van der Waals surface area contributed by atoms with E-state index in [2.05, 4.69) is 10.5 Å². The van der Waals surface area contributed by atoms with Crippen molar-refractivity contribution in [3.05, 3.63) is 47.3 Å². The van der Waals surface area contributed by atoms with Crippen LogP contribution in [-0.4, -0.2) is 35.6 Å². The van der Waals surface area contributed by atoms with E-state index in [1.807, 2.05) is 49.4 Å². The lowest BCUT2D eigenvalue weighted by molar-refractivity contribution is 0.106. The fourth-order valence-corrected chi connectivity index (χ4v) is 2.33. The zero-order valence-electron chi connectivity index (χ0n) is 13.9. The molecule has 0 bridgehead atoms. The van der Waals surface area contributed by atoms with Crippen molar-refractivity contribution in [2.24, 2.45) is 0 Å². The Morgan fingerprint density at radius 3 is 2.96 bits per heavy atom. The maximum absolute atomic E-state index is 9.99. The molecule has 128 valence electrons. The Hall–Kier alpha value is -2.11. The van der Waals surface area contributed by atoms with Crippen LogP contribution >= 0.6 is 0 Å². The number of nitrogens with one attached hydrogen (secondary N) is 1. The Balaban J connectivity index is 1.57. The number of ether oxygens (including phenoxy) is 1. The van der Waals surface area contributed by atoms with Gasteiger partial charge in [-0.05, 0) is 37.5 Å². The van der Waals surface area contributed by atoms with E-state index in [0.717, 1.165) is 29.2 Å². The number of benzene rings is 1. The minimum absolute atomic E-state index is 0.271. The molecule has 0 aliphatic heterocycles. The zero-order chi connectivity index (χ0) is 16.8. The second-order valence-corrected chi connectivity index (χ2v) is 6.09. The third-order valence-electron chi connectivity index (χ3n) is 3.94. The van der Waals surface area contributed by atoms with Crippen LogP contribution in [0.2, 0.25) is 0 Å². The fraction of sp³-hybridized carbons (Fsp3) is 0.421. The van der Waals surface area contributed by atoms with Crippen molar-refractivity contribution in [3.8, 4) is 5.75 Å². The normalized spacial score (nSPS) is 15.8. The molecule has 1 aromatic heterocycles. The highest BCUT2D eigenvalue weighted by molar-refractivity contribution is 5.70. The summed E-state index contributed by atoms with van der Waals surface area (Å²) < 4.78 is 11.0. The quantitative estimate of drug-likeness (QED) is 0.741. The van der Waals surface area contributed by atoms with Gasteiger partial charge in [0.2, 0.25) is 0 Å². The van der Waals surface area contributed by atoms with E-state index in [0.29, 0.717) is 12.6 Å². The van der Waals surface area contributed by atoms with Crippen LogP contribution in [-0.2, 0) is 6.42 Å². The van der Waals surface area contributed by atoms with E-state index in [-0.39, 0.29) is 6.61 Å². The summed E-state index contributed by atoms with van der Waals surface area (Å²) in [6, 6.07) is 10.3. The van der Waals surface area contributed by atoms with Crippen molar-refractivity contribution in [2.45, 2.75) is 38.3 Å². The molecule has 1 aliphatic carbocycles. The van der Waals surface area contributed by atoms with E-state index in [1.165, 1.54) is 12.8 Å². The molecule has 2 N–H and O–H groups in total. The average Bonchev–Trinajstić information content (AvgIpc) is 3.33. The molecule has 2 aromatic rings. The molecule has 1 unspecified atom stereocenters. The number of aryl methyl sites for hydroxylation is 1. The van der Waals surface area contributed by atoms with E-state index in [4.69, 9.17) is 9.26 Å². The van der Waals surface area contributed by atoms with Gasteiger partial charge in [0.15, 0.2) is 5.76 Å². The van der Waals surface area contributed by atoms with Gasteiger partial charge < -0.3 is 19.7 Å². The second-order valence-electron chi connectivity index (χ2n) is 6.09. The third-order valence-corrected chi connectivity index (χ3v) is 3.94. The van der Waals surface area contributed by atoms with Crippen LogP contribution in [0.3, 0.4) is 0 Å². The largest absolute Gasteiger partial charge is 0.490 e. The number of aliphatic hydroxyl groups is 1. The molecule has 0 saturated heterocycles. The van der Waals surface area contributed by atoms with Crippen LogP contribution in [0.1, 0.15) is 36.8 Å². The first-order valence-corrected chi connectivity index (χ1v) is 8.51. The van der Waals surface area contributed by atoms with Crippen LogP contribution in [0.15, 0.2) is 34.9 Å². The maximum Gasteiger partial charge on any atom is 0.159 e. The van der Waals surface area contributed by atoms with Gasteiger partial charge in [-0.3, -0.25) is 0 Å². The average molecular weight is 328 g/mol. The van der Waals surface area contributed by atoms with Crippen LogP contribution < -0.4 is 10.1 Å². The Kier molecular flexibility index (Phi) is 5.67. The number of hydrogen-bond donors (Lipinski definition) is 2. The first-order chi connectivity index (χ1) is 11.7. The van der Waals surface area contributed by atoms with E-state index >= 15 is 0 Å². The monoisotopic (exact) mass is 328 g/mol. The summed E-state index contributed by atoms with van der Waals surface area (Å²) in [5.74, 6) is 1.46. The molecule has 0 radical (unpaired) electrons. The topological polar surface area (TPSA) is 67.5 Å². The van der Waals surface area contributed by atoms with Crippen molar-refractivity contribution >= 4 is 12.2 Å². The molecule has 1 aromatic carbocycles. The van der Waals surface area contributed by atoms with Gasteiger partial charge in [0.1, 0.15) is 18.5 Å². The predicted molar refractivity (Wildman–Crippen MR) is 93.8 cm³/mol. The highest BCUT2D eigenvalue weighted by Gasteiger charge is 2.21. The minimum atomic E-state index is -0.510.